The Balaban J connectivity index is 1.64. The number of likely N-dealkylation sites (tertiary alicyclic amines) is 1. The molecule has 1 aromatic heterocycles. The van der Waals surface area contributed by atoms with Crippen LogP contribution in [0.2, 0.25) is 0 Å². The fourth-order valence-corrected chi connectivity index (χ4v) is 3.50. The summed E-state index contributed by atoms with van der Waals surface area (Å²) in [4.78, 5) is 13.7. The van der Waals surface area contributed by atoms with Crippen LogP contribution in [0.3, 0.4) is 0 Å². The zero-order valence-electron chi connectivity index (χ0n) is 12.3. The molecule has 0 bridgehead atoms. The first-order chi connectivity index (χ1) is 10.2. The molecule has 3 rings (SSSR count). The molecule has 1 aromatic rings. The number of nitrogens with two attached hydrogens (primary N) is 1. The first kappa shape index (κ1) is 15.0. The molecule has 0 amide bonds. The standard InChI is InChI=1S/C14H22BrN5O/c1-21-13-12(15)8-17-14(18-13)20-7-4-11(9-20)19-5-2-10(16)3-6-19/h8,10-11H,2-7,9,16H2,1H3. The first-order valence-corrected chi connectivity index (χ1v) is 8.28. The molecule has 0 radical (unpaired) electrons. The average molecular weight is 356 g/mol. The van der Waals surface area contributed by atoms with E-state index in [4.69, 9.17) is 10.5 Å². The van der Waals surface area contributed by atoms with E-state index in [1.807, 2.05) is 0 Å². The van der Waals surface area contributed by atoms with Crippen molar-refractivity contribution >= 4 is 21.9 Å². The Bertz CT molecular complexity index is 492. The number of hydrogen-bond donors (Lipinski definition) is 1. The summed E-state index contributed by atoms with van der Waals surface area (Å²) in [5, 5.41) is 0. The van der Waals surface area contributed by atoms with Crippen molar-refractivity contribution in [1.29, 1.82) is 0 Å². The maximum atomic E-state index is 5.98. The molecule has 6 nitrogen and oxygen atoms in total. The number of aromatic nitrogens is 2. The summed E-state index contributed by atoms with van der Waals surface area (Å²) >= 11 is 3.39. The Morgan fingerprint density at radius 1 is 1.29 bits per heavy atom. The zero-order chi connectivity index (χ0) is 14.8. The van der Waals surface area contributed by atoms with Crippen molar-refractivity contribution in [3.63, 3.8) is 0 Å². The van der Waals surface area contributed by atoms with Crippen molar-refractivity contribution in [1.82, 2.24) is 14.9 Å². The fraction of sp³-hybridized carbons (Fsp3) is 0.714. The second kappa shape index (κ2) is 6.46. The van der Waals surface area contributed by atoms with Crippen molar-refractivity contribution in [3.8, 4) is 5.88 Å². The van der Waals surface area contributed by atoms with Gasteiger partial charge in [0.1, 0.15) is 0 Å². The van der Waals surface area contributed by atoms with E-state index in [-0.39, 0.29) is 0 Å². The van der Waals surface area contributed by atoms with Gasteiger partial charge in [-0.1, -0.05) is 0 Å². The molecule has 116 valence electrons. The van der Waals surface area contributed by atoms with Crippen LogP contribution in [0.4, 0.5) is 5.95 Å². The minimum atomic E-state index is 0.387. The Morgan fingerprint density at radius 3 is 2.76 bits per heavy atom. The van der Waals surface area contributed by atoms with Crippen LogP contribution in [0.1, 0.15) is 19.3 Å². The second-order valence-electron chi connectivity index (χ2n) is 5.79. The van der Waals surface area contributed by atoms with Crippen LogP contribution in [-0.2, 0) is 0 Å². The van der Waals surface area contributed by atoms with Crippen molar-refractivity contribution in [3.05, 3.63) is 10.7 Å². The van der Waals surface area contributed by atoms with Crippen molar-refractivity contribution in [2.45, 2.75) is 31.3 Å². The number of rotatable bonds is 3. The van der Waals surface area contributed by atoms with Crippen molar-refractivity contribution in [2.75, 3.05) is 38.2 Å². The summed E-state index contributed by atoms with van der Waals surface area (Å²) in [6, 6.07) is 0.980. The number of anilines is 1. The van der Waals surface area contributed by atoms with Gasteiger partial charge < -0.3 is 15.4 Å². The third-order valence-electron chi connectivity index (χ3n) is 4.43. The third-order valence-corrected chi connectivity index (χ3v) is 4.97. The maximum Gasteiger partial charge on any atom is 0.232 e. The van der Waals surface area contributed by atoms with Gasteiger partial charge >= 0.3 is 0 Å². The molecule has 0 aliphatic carbocycles. The molecule has 2 saturated heterocycles. The number of piperidine rings is 1. The van der Waals surface area contributed by atoms with Gasteiger partial charge in [0.25, 0.3) is 0 Å². The van der Waals surface area contributed by atoms with Crippen molar-refractivity contribution < 1.29 is 4.74 Å². The number of hydrogen-bond acceptors (Lipinski definition) is 6. The molecule has 2 fully saturated rings. The molecule has 0 saturated carbocycles. The minimum absolute atomic E-state index is 0.387. The van der Waals surface area contributed by atoms with Crippen LogP contribution in [0.25, 0.3) is 0 Å². The molecule has 1 unspecified atom stereocenters. The topological polar surface area (TPSA) is 67.5 Å². The number of halogens is 1. The molecule has 7 heteroatoms. The Morgan fingerprint density at radius 2 is 2.05 bits per heavy atom. The highest BCUT2D eigenvalue weighted by atomic mass is 79.9. The average Bonchev–Trinajstić information content (AvgIpc) is 2.98. The molecular formula is C14H22BrN5O. The van der Waals surface area contributed by atoms with Gasteiger partial charge in [-0.3, -0.25) is 4.90 Å². The van der Waals surface area contributed by atoms with Gasteiger partial charge in [0.2, 0.25) is 11.8 Å². The molecule has 21 heavy (non-hydrogen) atoms. The van der Waals surface area contributed by atoms with Crippen LogP contribution in [0, 0.1) is 0 Å². The molecule has 2 N–H and O–H groups in total. The van der Waals surface area contributed by atoms with E-state index in [0.717, 1.165) is 55.9 Å². The van der Waals surface area contributed by atoms with E-state index in [1.165, 1.54) is 0 Å². The number of ether oxygens (including phenoxy) is 1. The lowest BCUT2D eigenvalue weighted by Crippen LogP contribution is -2.46. The van der Waals surface area contributed by atoms with Gasteiger partial charge in [0.15, 0.2) is 0 Å². The predicted octanol–water partition coefficient (Wildman–Crippen LogP) is 1.25. The predicted molar refractivity (Wildman–Crippen MR) is 85.7 cm³/mol. The zero-order valence-corrected chi connectivity index (χ0v) is 13.9. The van der Waals surface area contributed by atoms with E-state index in [0.29, 0.717) is 18.0 Å². The van der Waals surface area contributed by atoms with E-state index in [9.17, 15) is 0 Å². The summed E-state index contributed by atoms with van der Waals surface area (Å²) in [7, 11) is 1.63. The largest absolute Gasteiger partial charge is 0.480 e. The Labute approximate surface area is 133 Å². The van der Waals surface area contributed by atoms with Gasteiger partial charge in [0.05, 0.1) is 17.8 Å². The molecule has 3 heterocycles. The molecule has 2 aliphatic heterocycles. The van der Waals surface area contributed by atoms with Crippen LogP contribution < -0.4 is 15.4 Å². The quantitative estimate of drug-likeness (QED) is 0.879. The second-order valence-corrected chi connectivity index (χ2v) is 6.64. The minimum Gasteiger partial charge on any atom is -0.480 e. The van der Waals surface area contributed by atoms with E-state index in [1.54, 1.807) is 13.3 Å². The lowest BCUT2D eigenvalue weighted by atomic mass is 10.0. The van der Waals surface area contributed by atoms with E-state index in [2.05, 4.69) is 35.7 Å². The lowest BCUT2D eigenvalue weighted by Gasteiger charge is -2.34. The first-order valence-electron chi connectivity index (χ1n) is 7.48. The van der Waals surface area contributed by atoms with Gasteiger partial charge in [-0.2, -0.15) is 4.98 Å². The summed E-state index contributed by atoms with van der Waals surface area (Å²) in [6.45, 7) is 4.21. The number of methoxy groups -OCH3 is 1. The molecule has 2 aliphatic rings. The maximum absolute atomic E-state index is 5.98. The van der Waals surface area contributed by atoms with Gasteiger partial charge in [0, 0.05) is 25.2 Å². The number of nitrogens with zero attached hydrogens (tertiary/aromatic N) is 4. The monoisotopic (exact) mass is 355 g/mol. The molecule has 1 atom stereocenters. The Kier molecular flexibility index (Phi) is 4.61. The van der Waals surface area contributed by atoms with Gasteiger partial charge in [-0.05, 0) is 48.3 Å². The van der Waals surface area contributed by atoms with Crippen LogP contribution in [-0.4, -0.2) is 60.2 Å². The lowest BCUT2D eigenvalue weighted by molar-refractivity contribution is 0.163. The van der Waals surface area contributed by atoms with Crippen LogP contribution >= 0.6 is 15.9 Å². The summed E-state index contributed by atoms with van der Waals surface area (Å²) in [5.41, 5.74) is 5.98. The Hall–Kier alpha value is -0.920. The van der Waals surface area contributed by atoms with E-state index < -0.39 is 0 Å². The molecule has 0 aromatic carbocycles. The van der Waals surface area contributed by atoms with Crippen molar-refractivity contribution in [2.24, 2.45) is 5.73 Å². The molecular weight excluding hydrogens is 334 g/mol. The molecule has 0 spiro atoms. The van der Waals surface area contributed by atoms with E-state index >= 15 is 0 Å². The highest BCUT2D eigenvalue weighted by molar-refractivity contribution is 9.10. The third kappa shape index (κ3) is 3.30. The smallest absolute Gasteiger partial charge is 0.232 e. The summed E-state index contributed by atoms with van der Waals surface area (Å²) < 4.78 is 6.04. The van der Waals surface area contributed by atoms with Crippen LogP contribution in [0.15, 0.2) is 10.7 Å². The fourth-order valence-electron chi connectivity index (χ4n) is 3.14. The highest BCUT2D eigenvalue weighted by Gasteiger charge is 2.31. The SMILES string of the molecule is COc1nc(N2CCC(N3CCC(N)CC3)C2)ncc1Br. The summed E-state index contributed by atoms with van der Waals surface area (Å²) in [6.07, 6.45) is 5.14. The van der Waals surface area contributed by atoms with Gasteiger partial charge in [-0.25, -0.2) is 4.98 Å². The van der Waals surface area contributed by atoms with Gasteiger partial charge in [-0.15, -0.1) is 0 Å². The summed E-state index contributed by atoms with van der Waals surface area (Å²) in [5.74, 6) is 1.35. The van der Waals surface area contributed by atoms with Crippen LogP contribution in [0.5, 0.6) is 5.88 Å². The normalized spacial score (nSPS) is 24.5. The highest BCUT2D eigenvalue weighted by Crippen LogP contribution is 2.27.